The topological polar surface area (TPSA) is 168 Å². The van der Waals surface area contributed by atoms with Crippen LogP contribution < -0.4 is 11.3 Å². The van der Waals surface area contributed by atoms with Gasteiger partial charge in [-0.15, -0.1) is 0 Å². The molecule has 0 saturated heterocycles. The van der Waals surface area contributed by atoms with Crippen LogP contribution in [-0.2, 0) is 9.84 Å². The van der Waals surface area contributed by atoms with Crippen LogP contribution in [0, 0.1) is 5.82 Å². The molecule has 0 atom stereocenters. The second kappa shape index (κ2) is 6.02. The van der Waals surface area contributed by atoms with Gasteiger partial charge in [0.2, 0.25) is 0 Å². The SMILES string of the molecule is CS(=O)(=O)c1ccc(-c2c(C(=O)O)c(N)[nH]c(=O)c2C(=O)O)c(F)c1. The highest BCUT2D eigenvalue weighted by atomic mass is 32.2. The Bertz CT molecular complexity index is 1070. The fraction of sp³-hybridized carbons (Fsp3) is 0.0714. The fourth-order valence-corrected chi connectivity index (χ4v) is 2.88. The molecule has 0 amide bonds. The molecule has 0 bridgehead atoms. The third-order valence-corrected chi connectivity index (χ3v) is 4.42. The Morgan fingerprint density at radius 2 is 1.72 bits per heavy atom. The van der Waals surface area contributed by atoms with Crippen LogP contribution in [0.1, 0.15) is 20.7 Å². The second-order valence-corrected chi connectivity index (χ2v) is 7.03. The molecule has 2 aromatic rings. The van der Waals surface area contributed by atoms with Gasteiger partial charge >= 0.3 is 11.9 Å². The number of nitrogens with two attached hydrogens (primary N) is 1. The first-order valence-corrected chi connectivity index (χ1v) is 8.36. The Hall–Kier alpha value is -3.21. The highest BCUT2D eigenvalue weighted by molar-refractivity contribution is 7.90. The zero-order valence-corrected chi connectivity index (χ0v) is 13.3. The van der Waals surface area contributed by atoms with Gasteiger partial charge in [-0.3, -0.25) is 4.79 Å². The molecule has 0 unspecified atom stereocenters. The maximum absolute atomic E-state index is 14.4. The first kappa shape index (κ1) is 18.1. The summed E-state index contributed by atoms with van der Waals surface area (Å²) in [4.78, 5) is 36.1. The zero-order chi connectivity index (χ0) is 19.1. The van der Waals surface area contributed by atoms with E-state index in [0.717, 1.165) is 18.4 Å². The molecule has 0 radical (unpaired) electrons. The molecule has 1 heterocycles. The Labute approximate surface area is 139 Å². The van der Waals surface area contributed by atoms with E-state index in [1.54, 1.807) is 0 Å². The van der Waals surface area contributed by atoms with E-state index < -0.39 is 66.1 Å². The van der Waals surface area contributed by atoms with E-state index in [0.29, 0.717) is 6.07 Å². The fourth-order valence-electron chi connectivity index (χ4n) is 2.25. The third kappa shape index (κ3) is 3.21. The van der Waals surface area contributed by atoms with Crippen molar-refractivity contribution in [3.05, 3.63) is 45.5 Å². The van der Waals surface area contributed by atoms with Crippen molar-refractivity contribution < 1.29 is 32.6 Å². The number of aromatic amines is 1. The molecule has 25 heavy (non-hydrogen) atoms. The van der Waals surface area contributed by atoms with Crippen LogP contribution in [0.5, 0.6) is 0 Å². The largest absolute Gasteiger partial charge is 0.478 e. The van der Waals surface area contributed by atoms with Crippen molar-refractivity contribution in [1.82, 2.24) is 4.98 Å². The van der Waals surface area contributed by atoms with Crippen molar-refractivity contribution in [3.8, 4) is 11.1 Å². The number of aromatic carboxylic acids is 2. The minimum Gasteiger partial charge on any atom is -0.478 e. The van der Waals surface area contributed by atoms with Gasteiger partial charge in [0.25, 0.3) is 5.56 Å². The van der Waals surface area contributed by atoms with Crippen molar-refractivity contribution in [2.24, 2.45) is 0 Å². The van der Waals surface area contributed by atoms with Gasteiger partial charge in [-0.1, -0.05) is 6.07 Å². The summed E-state index contributed by atoms with van der Waals surface area (Å²) in [7, 11) is -3.76. The lowest BCUT2D eigenvalue weighted by atomic mass is 9.95. The van der Waals surface area contributed by atoms with Gasteiger partial charge < -0.3 is 20.9 Å². The summed E-state index contributed by atoms with van der Waals surface area (Å²) in [6, 6.07) is 2.43. The van der Waals surface area contributed by atoms with Crippen LogP contribution in [0.2, 0.25) is 0 Å². The molecule has 0 aliphatic rings. The standard InChI is InChI=1S/C14H11FN2O7S/c1-25(23,24)5-2-3-6(7(15)4-5)8-9(13(19)20)11(16)17-12(18)10(8)14(21)22/h2-4H,1H3,(H,19,20)(H,21,22)(H3,16,17,18). The lowest BCUT2D eigenvalue weighted by Gasteiger charge is -2.13. The monoisotopic (exact) mass is 370 g/mol. The van der Waals surface area contributed by atoms with Gasteiger partial charge in [0.15, 0.2) is 9.84 Å². The van der Waals surface area contributed by atoms with Crippen molar-refractivity contribution in [2.75, 3.05) is 12.0 Å². The summed E-state index contributed by atoms with van der Waals surface area (Å²) in [6.07, 6.45) is 0.831. The van der Waals surface area contributed by atoms with E-state index in [4.69, 9.17) is 5.73 Å². The number of aromatic nitrogens is 1. The normalized spacial score (nSPS) is 11.3. The molecule has 11 heteroatoms. The molecule has 5 N–H and O–H groups in total. The summed E-state index contributed by atoms with van der Waals surface area (Å²) in [5.74, 6) is -5.38. The highest BCUT2D eigenvalue weighted by Gasteiger charge is 2.28. The molecular formula is C14H11FN2O7S. The van der Waals surface area contributed by atoms with Gasteiger partial charge in [0, 0.05) is 17.4 Å². The Morgan fingerprint density at radius 3 is 2.16 bits per heavy atom. The van der Waals surface area contributed by atoms with E-state index in [-0.39, 0.29) is 0 Å². The lowest BCUT2D eigenvalue weighted by molar-refractivity contribution is 0.0695. The lowest BCUT2D eigenvalue weighted by Crippen LogP contribution is -2.24. The molecule has 0 saturated carbocycles. The summed E-state index contributed by atoms with van der Waals surface area (Å²) in [6.45, 7) is 0. The number of sulfone groups is 1. The summed E-state index contributed by atoms with van der Waals surface area (Å²) >= 11 is 0. The predicted octanol–water partition coefficient (Wildman–Crippen LogP) is 0.563. The average molecular weight is 370 g/mol. The van der Waals surface area contributed by atoms with Crippen LogP contribution in [0.25, 0.3) is 11.1 Å². The number of H-pyrrole nitrogens is 1. The summed E-state index contributed by atoms with van der Waals surface area (Å²) < 4.78 is 37.3. The number of halogens is 1. The van der Waals surface area contributed by atoms with Gasteiger partial charge in [-0.05, 0) is 12.1 Å². The van der Waals surface area contributed by atoms with Crippen LogP contribution in [0.15, 0.2) is 27.9 Å². The molecule has 1 aromatic heterocycles. The number of rotatable bonds is 4. The van der Waals surface area contributed by atoms with Gasteiger partial charge in [-0.25, -0.2) is 22.4 Å². The maximum Gasteiger partial charge on any atom is 0.342 e. The van der Waals surface area contributed by atoms with Crippen molar-refractivity contribution >= 4 is 27.6 Å². The molecule has 0 spiro atoms. The summed E-state index contributed by atoms with van der Waals surface area (Å²) in [5, 5.41) is 18.5. The van der Waals surface area contributed by atoms with Crippen LogP contribution in [-0.4, -0.2) is 41.8 Å². The number of carboxylic acid groups (broad SMARTS) is 2. The van der Waals surface area contributed by atoms with Gasteiger partial charge in [-0.2, -0.15) is 0 Å². The molecule has 1 aromatic carbocycles. The second-order valence-electron chi connectivity index (χ2n) is 5.02. The van der Waals surface area contributed by atoms with E-state index in [2.05, 4.69) is 0 Å². The molecule has 132 valence electrons. The zero-order valence-electron chi connectivity index (χ0n) is 12.5. The number of anilines is 1. The quantitative estimate of drug-likeness (QED) is 0.605. The number of benzene rings is 1. The number of pyridine rings is 1. The summed E-state index contributed by atoms with van der Waals surface area (Å²) in [5.41, 5.74) is 1.02. The van der Waals surface area contributed by atoms with Crippen LogP contribution >= 0.6 is 0 Å². The molecule has 0 fully saturated rings. The van der Waals surface area contributed by atoms with E-state index >= 15 is 0 Å². The Kier molecular flexibility index (Phi) is 4.36. The number of nitrogen functional groups attached to an aromatic ring is 1. The number of hydrogen-bond acceptors (Lipinski definition) is 6. The van der Waals surface area contributed by atoms with E-state index in [9.17, 15) is 37.4 Å². The van der Waals surface area contributed by atoms with Crippen LogP contribution in [0.4, 0.5) is 10.2 Å². The van der Waals surface area contributed by atoms with Crippen molar-refractivity contribution in [1.29, 1.82) is 0 Å². The van der Waals surface area contributed by atoms with Crippen LogP contribution in [0.3, 0.4) is 0 Å². The minimum atomic E-state index is -3.76. The van der Waals surface area contributed by atoms with Gasteiger partial charge in [0.1, 0.15) is 22.8 Å². The first-order chi connectivity index (χ1) is 11.4. The van der Waals surface area contributed by atoms with Gasteiger partial charge in [0.05, 0.1) is 4.90 Å². The maximum atomic E-state index is 14.4. The smallest absolute Gasteiger partial charge is 0.342 e. The Balaban J connectivity index is 2.98. The third-order valence-electron chi connectivity index (χ3n) is 3.31. The molecule has 2 rings (SSSR count). The molecule has 0 aliphatic heterocycles. The number of hydrogen-bond donors (Lipinski definition) is 4. The highest BCUT2D eigenvalue weighted by Crippen LogP contribution is 2.32. The Morgan fingerprint density at radius 1 is 1.16 bits per heavy atom. The minimum absolute atomic E-state index is 0.402. The molecule has 9 nitrogen and oxygen atoms in total. The number of carboxylic acids is 2. The number of carbonyl (C=O) groups is 2. The van der Waals surface area contributed by atoms with Crippen molar-refractivity contribution in [2.45, 2.75) is 4.90 Å². The predicted molar refractivity (Wildman–Crippen MR) is 83.9 cm³/mol. The van der Waals surface area contributed by atoms with E-state index in [1.807, 2.05) is 4.98 Å². The molecular weight excluding hydrogens is 359 g/mol. The first-order valence-electron chi connectivity index (χ1n) is 6.47. The number of nitrogens with one attached hydrogen (secondary N) is 1. The van der Waals surface area contributed by atoms with Crippen molar-refractivity contribution in [3.63, 3.8) is 0 Å². The average Bonchev–Trinajstić information content (AvgIpc) is 2.44. The van der Waals surface area contributed by atoms with E-state index in [1.165, 1.54) is 0 Å². The molecule has 0 aliphatic carbocycles.